The number of ether oxygens (including phenoxy) is 1. The maximum absolute atomic E-state index is 11.9. The van der Waals surface area contributed by atoms with Crippen LogP contribution < -0.4 is 16.4 Å². The van der Waals surface area contributed by atoms with E-state index in [1.54, 1.807) is 0 Å². The van der Waals surface area contributed by atoms with Gasteiger partial charge in [-0.1, -0.05) is 30.3 Å². The number of hydrogen-bond acceptors (Lipinski definition) is 5. The average molecular weight is 375 g/mol. The third-order valence-electron chi connectivity index (χ3n) is 3.61. The number of unbranched alkanes of at least 4 members (excludes halogenated alkanes) is 1. The van der Waals surface area contributed by atoms with Crippen LogP contribution in [0.2, 0.25) is 0 Å². The van der Waals surface area contributed by atoms with Gasteiger partial charge in [0, 0.05) is 13.0 Å². The Bertz CT molecular complexity index is 657. The van der Waals surface area contributed by atoms with Crippen LogP contribution in [-0.4, -0.2) is 41.7 Å². The van der Waals surface area contributed by atoms with E-state index in [1.165, 1.54) is 0 Å². The van der Waals surface area contributed by atoms with Gasteiger partial charge in [0.25, 0.3) is 0 Å². The molecular formula is C19H25N3O5. The zero-order valence-electron chi connectivity index (χ0n) is 15.0. The van der Waals surface area contributed by atoms with Crippen molar-refractivity contribution in [3.05, 3.63) is 35.9 Å². The summed E-state index contributed by atoms with van der Waals surface area (Å²) in [6.07, 6.45) is 4.35. The molecule has 0 aliphatic rings. The second-order valence-electron chi connectivity index (χ2n) is 5.92. The summed E-state index contributed by atoms with van der Waals surface area (Å²) in [6.45, 7) is -0.0689. The van der Waals surface area contributed by atoms with Crippen molar-refractivity contribution in [3.63, 3.8) is 0 Å². The highest BCUT2D eigenvalue weighted by Gasteiger charge is 2.19. The number of primary amides is 1. The summed E-state index contributed by atoms with van der Waals surface area (Å²) in [6, 6.07) is 8.27. The fourth-order valence-electron chi connectivity index (χ4n) is 2.21. The lowest BCUT2D eigenvalue weighted by molar-refractivity contribution is -0.128. The lowest BCUT2D eigenvalue weighted by Crippen LogP contribution is -2.46. The minimum Gasteiger partial charge on any atom is -0.445 e. The van der Waals surface area contributed by atoms with E-state index in [0.29, 0.717) is 19.3 Å². The number of alkyl carbamates (subject to hydrolysis) is 1. The Labute approximate surface area is 158 Å². The van der Waals surface area contributed by atoms with Crippen molar-refractivity contribution in [1.82, 2.24) is 10.6 Å². The van der Waals surface area contributed by atoms with Gasteiger partial charge in [0.1, 0.15) is 12.6 Å². The summed E-state index contributed by atoms with van der Waals surface area (Å²) in [4.78, 5) is 34.8. The summed E-state index contributed by atoms with van der Waals surface area (Å²) in [5.41, 5.74) is 6.07. The largest absolute Gasteiger partial charge is 0.445 e. The summed E-state index contributed by atoms with van der Waals surface area (Å²) in [5.74, 6) is 1.22. The topological polar surface area (TPSA) is 131 Å². The Morgan fingerprint density at radius 2 is 1.96 bits per heavy atom. The molecule has 0 aromatic heterocycles. The molecule has 5 N–H and O–H groups in total. The molecule has 0 aliphatic carbocycles. The maximum Gasteiger partial charge on any atom is 0.407 e. The number of terminal acetylenes is 1. The number of carbonyl (C=O) groups is 3. The molecule has 0 fully saturated rings. The standard InChI is InChI=1S/C19H25N3O5/c1-2-3-5-10-16(18(20)25)22-17(24)11-15(23)12-21-19(26)27-13-14-8-6-4-7-9-14/h1,4,6-9,15-16,23H,3,5,10-13H2,(H2,20,25)(H,21,26)(H,22,24)/t15-,16-/m0/s1. The second-order valence-corrected chi connectivity index (χ2v) is 5.92. The normalized spacial score (nSPS) is 12.3. The van der Waals surface area contributed by atoms with Crippen LogP contribution in [0.1, 0.15) is 31.2 Å². The third kappa shape index (κ3) is 9.87. The molecule has 8 heteroatoms. The van der Waals surface area contributed by atoms with Gasteiger partial charge in [-0.3, -0.25) is 9.59 Å². The van der Waals surface area contributed by atoms with Crippen LogP contribution in [0.25, 0.3) is 0 Å². The van der Waals surface area contributed by atoms with Gasteiger partial charge in [-0.15, -0.1) is 12.3 Å². The second kappa shape index (κ2) is 12.3. The highest BCUT2D eigenvalue weighted by Crippen LogP contribution is 2.02. The molecule has 8 nitrogen and oxygen atoms in total. The molecule has 1 rings (SSSR count). The molecule has 0 heterocycles. The number of aliphatic hydroxyl groups excluding tert-OH is 1. The first-order valence-electron chi connectivity index (χ1n) is 8.57. The van der Waals surface area contributed by atoms with Crippen molar-refractivity contribution < 1.29 is 24.2 Å². The SMILES string of the molecule is C#CCCC[C@H](NC(=O)C[C@H](O)CNC(=O)OCc1ccccc1)C(N)=O. The highest BCUT2D eigenvalue weighted by molar-refractivity contribution is 5.86. The van der Waals surface area contributed by atoms with Crippen LogP contribution in [-0.2, 0) is 20.9 Å². The first-order valence-corrected chi connectivity index (χ1v) is 8.57. The molecule has 0 unspecified atom stereocenters. The number of nitrogens with two attached hydrogens (primary N) is 1. The lowest BCUT2D eigenvalue weighted by Gasteiger charge is -2.17. The molecule has 0 bridgehead atoms. The Morgan fingerprint density at radius 3 is 2.59 bits per heavy atom. The van der Waals surface area contributed by atoms with Crippen LogP contribution in [0.4, 0.5) is 4.79 Å². The Morgan fingerprint density at radius 1 is 1.26 bits per heavy atom. The molecular weight excluding hydrogens is 350 g/mol. The van der Waals surface area contributed by atoms with Crippen molar-refractivity contribution in [2.75, 3.05) is 6.54 Å². The van der Waals surface area contributed by atoms with E-state index in [0.717, 1.165) is 5.56 Å². The summed E-state index contributed by atoms with van der Waals surface area (Å²) >= 11 is 0. The molecule has 0 spiro atoms. The molecule has 0 radical (unpaired) electrons. The maximum atomic E-state index is 11.9. The van der Waals surface area contributed by atoms with Crippen molar-refractivity contribution in [1.29, 1.82) is 0 Å². The molecule has 1 aromatic carbocycles. The summed E-state index contributed by atoms with van der Waals surface area (Å²) in [7, 11) is 0. The van der Waals surface area contributed by atoms with E-state index >= 15 is 0 Å². The minimum atomic E-state index is -1.13. The van der Waals surface area contributed by atoms with Crippen molar-refractivity contribution >= 4 is 17.9 Å². The number of nitrogens with one attached hydrogen (secondary N) is 2. The van der Waals surface area contributed by atoms with Crippen LogP contribution in [0.3, 0.4) is 0 Å². The van der Waals surface area contributed by atoms with Gasteiger partial charge in [0.05, 0.1) is 12.5 Å². The van der Waals surface area contributed by atoms with E-state index in [4.69, 9.17) is 16.9 Å². The number of amides is 3. The first-order chi connectivity index (χ1) is 12.9. The summed E-state index contributed by atoms with van der Waals surface area (Å²) in [5, 5.41) is 14.7. The van der Waals surface area contributed by atoms with E-state index < -0.39 is 30.1 Å². The van der Waals surface area contributed by atoms with Crippen molar-refractivity contribution in [3.8, 4) is 12.3 Å². The molecule has 0 aliphatic heterocycles. The van der Waals surface area contributed by atoms with E-state index in [-0.39, 0.29) is 19.6 Å². The molecule has 3 amide bonds. The van der Waals surface area contributed by atoms with Gasteiger partial charge in [-0.2, -0.15) is 0 Å². The quantitative estimate of drug-likeness (QED) is 0.329. The van der Waals surface area contributed by atoms with E-state index in [1.807, 2.05) is 30.3 Å². The van der Waals surface area contributed by atoms with Gasteiger partial charge in [-0.25, -0.2) is 4.79 Å². The Hall–Kier alpha value is -3.05. The highest BCUT2D eigenvalue weighted by atomic mass is 16.5. The predicted octanol–water partition coefficient (Wildman–Crippen LogP) is 0.437. The lowest BCUT2D eigenvalue weighted by atomic mass is 10.1. The zero-order valence-corrected chi connectivity index (χ0v) is 15.0. The molecule has 1 aromatic rings. The average Bonchev–Trinajstić information content (AvgIpc) is 2.64. The van der Waals surface area contributed by atoms with Crippen molar-refractivity contribution in [2.24, 2.45) is 5.73 Å². The Balaban J connectivity index is 2.28. The number of carbonyl (C=O) groups excluding carboxylic acids is 3. The number of benzene rings is 1. The molecule has 146 valence electrons. The van der Waals surface area contributed by atoms with Gasteiger partial charge >= 0.3 is 6.09 Å². The van der Waals surface area contributed by atoms with Gasteiger partial charge in [0.2, 0.25) is 11.8 Å². The third-order valence-corrected chi connectivity index (χ3v) is 3.61. The zero-order chi connectivity index (χ0) is 20.1. The van der Waals surface area contributed by atoms with E-state index in [2.05, 4.69) is 16.6 Å². The minimum absolute atomic E-state index is 0.0984. The van der Waals surface area contributed by atoms with E-state index in [9.17, 15) is 19.5 Å². The Kier molecular flexibility index (Phi) is 10.0. The number of hydrogen-bond donors (Lipinski definition) is 4. The molecule has 0 saturated heterocycles. The molecule has 2 atom stereocenters. The van der Waals surface area contributed by atoms with Gasteiger partial charge in [0.15, 0.2) is 0 Å². The van der Waals surface area contributed by atoms with Crippen LogP contribution in [0.5, 0.6) is 0 Å². The molecule has 0 saturated carbocycles. The number of rotatable bonds is 11. The fourth-order valence-corrected chi connectivity index (χ4v) is 2.21. The summed E-state index contributed by atoms with van der Waals surface area (Å²) < 4.78 is 5.00. The number of aliphatic hydroxyl groups is 1. The monoisotopic (exact) mass is 375 g/mol. The fraction of sp³-hybridized carbons (Fsp3) is 0.421. The van der Waals surface area contributed by atoms with Crippen LogP contribution in [0.15, 0.2) is 30.3 Å². The van der Waals surface area contributed by atoms with Crippen LogP contribution >= 0.6 is 0 Å². The van der Waals surface area contributed by atoms with Crippen molar-refractivity contribution in [2.45, 2.75) is 44.4 Å². The first kappa shape index (κ1) is 22.0. The smallest absolute Gasteiger partial charge is 0.407 e. The van der Waals surface area contributed by atoms with Gasteiger partial charge < -0.3 is 26.2 Å². The van der Waals surface area contributed by atoms with Gasteiger partial charge in [-0.05, 0) is 18.4 Å². The molecule has 27 heavy (non-hydrogen) atoms. The van der Waals surface area contributed by atoms with Crippen LogP contribution in [0, 0.1) is 12.3 Å². The predicted molar refractivity (Wildman–Crippen MR) is 99.1 cm³/mol.